The van der Waals surface area contributed by atoms with Crippen molar-refractivity contribution in [3.8, 4) is 0 Å². The van der Waals surface area contributed by atoms with E-state index in [0.29, 0.717) is 22.7 Å². The number of rotatable bonds is 6. The van der Waals surface area contributed by atoms with E-state index >= 15 is 0 Å². The van der Waals surface area contributed by atoms with Crippen LogP contribution in [-0.4, -0.2) is 24.1 Å². The van der Waals surface area contributed by atoms with Crippen LogP contribution in [0.2, 0.25) is 10.0 Å². The Bertz CT molecular complexity index is 1310. The number of hydrogen-bond donors (Lipinski definition) is 2. The van der Waals surface area contributed by atoms with Crippen molar-refractivity contribution in [2.45, 2.75) is 11.4 Å². The van der Waals surface area contributed by atoms with Gasteiger partial charge in [-0.15, -0.1) is 0 Å². The van der Waals surface area contributed by atoms with Gasteiger partial charge < -0.3 is 9.67 Å². The van der Waals surface area contributed by atoms with Gasteiger partial charge in [0.2, 0.25) is 0 Å². The van der Waals surface area contributed by atoms with E-state index < -0.39 is 42.9 Å². The third-order valence-corrected chi connectivity index (χ3v) is 6.29. The fourth-order valence-electron chi connectivity index (χ4n) is 2.63. The number of sulfonamides is 1. The van der Waals surface area contributed by atoms with Crippen LogP contribution in [0.5, 0.6) is 0 Å². The zero-order chi connectivity index (χ0) is 22.1. The Kier molecular flexibility index (Phi) is 6.16. The van der Waals surface area contributed by atoms with Gasteiger partial charge in [-0.3, -0.25) is 9.52 Å². The van der Waals surface area contributed by atoms with Gasteiger partial charge in [-0.1, -0.05) is 41.4 Å². The molecule has 11 heteroatoms. The third kappa shape index (κ3) is 4.64. The Morgan fingerprint density at radius 3 is 2.47 bits per heavy atom. The monoisotopic (exact) mass is 470 g/mol. The van der Waals surface area contributed by atoms with Crippen LogP contribution in [0.1, 0.15) is 15.9 Å². The van der Waals surface area contributed by atoms with E-state index in [1.807, 2.05) is 0 Å². The van der Waals surface area contributed by atoms with Gasteiger partial charge in [0.1, 0.15) is 10.7 Å². The van der Waals surface area contributed by atoms with Gasteiger partial charge in [-0.2, -0.15) is 0 Å². The Morgan fingerprint density at radius 2 is 1.80 bits per heavy atom. The normalized spacial score (nSPS) is 11.3. The van der Waals surface area contributed by atoms with Gasteiger partial charge in [-0.25, -0.2) is 17.6 Å². The van der Waals surface area contributed by atoms with Crippen molar-refractivity contribution in [3.05, 3.63) is 92.1 Å². The molecule has 3 aromatic rings. The first kappa shape index (κ1) is 21.8. The molecule has 0 aliphatic carbocycles. The number of hydrogen-bond acceptors (Lipinski definition) is 4. The molecule has 30 heavy (non-hydrogen) atoms. The lowest BCUT2D eigenvalue weighted by Crippen LogP contribution is -2.21. The lowest BCUT2D eigenvalue weighted by atomic mass is 10.2. The van der Waals surface area contributed by atoms with Crippen molar-refractivity contribution >= 4 is 44.9 Å². The molecule has 1 heterocycles. The molecule has 0 saturated carbocycles. The quantitative estimate of drug-likeness (QED) is 0.569. The Labute approximate surface area is 180 Å². The summed E-state index contributed by atoms with van der Waals surface area (Å²) in [6.07, 6.45) is 1.26. The summed E-state index contributed by atoms with van der Waals surface area (Å²) in [7, 11) is -4.38. The number of pyridine rings is 1. The second kappa shape index (κ2) is 8.47. The Hall–Kier alpha value is -2.88. The number of nitrogens with one attached hydrogen (secondary N) is 1. The molecule has 0 amide bonds. The van der Waals surface area contributed by atoms with Crippen LogP contribution < -0.4 is 10.3 Å². The van der Waals surface area contributed by atoms with Gasteiger partial charge in [0, 0.05) is 17.3 Å². The number of carbonyl (C=O) groups is 1. The first-order chi connectivity index (χ1) is 14.1. The molecule has 0 spiro atoms. The second-order valence-corrected chi connectivity index (χ2v) is 8.61. The molecule has 3 rings (SSSR count). The van der Waals surface area contributed by atoms with Crippen LogP contribution in [0.25, 0.3) is 0 Å². The Morgan fingerprint density at radius 1 is 1.10 bits per heavy atom. The molecule has 0 radical (unpaired) electrons. The second-order valence-electron chi connectivity index (χ2n) is 6.15. The average Bonchev–Trinajstić information content (AvgIpc) is 2.65. The van der Waals surface area contributed by atoms with Crippen LogP contribution in [-0.2, 0) is 16.6 Å². The van der Waals surface area contributed by atoms with E-state index in [0.717, 1.165) is 6.07 Å². The number of aromatic nitrogens is 1. The summed E-state index contributed by atoms with van der Waals surface area (Å²) in [4.78, 5) is 22.6. The third-order valence-electron chi connectivity index (χ3n) is 4.08. The topological polar surface area (TPSA) is 105 Å². The molecule has 0 aliphatic heterocycles. The lowest BCUT2D eigenvalue weighted by Gasteiger charge is -2.13. The predicted octanol–water partition coefficient (Wildman–Crippen LogP) is 3.84. The summed E-state index contributed by atoms with van der Waals surface area (Å²) in [6, 6.07) is 10.5. The predicted molar refractivity (Wildman–Crippen MR) is 110 cm³/mol. The van der Waals surface area contributed by atoms with Crippen molar-refractivity contribution in [3.63, 3.8) is 0 Å². The van der Waals surface area contributed by atoms with Gasteiger partial charge >= 0.3 is 5.97 Å². The van der Waals surface area contributed by atoms with Crippen molar-refractivity contribution in [2.24, 2.45) is 0 Å². The molecule has 0 atom stereocenters. The standard InChI is InChI=1S/C19H13Cl2FN2O5S/c20-14-4-2-1-3-11(14)9-24-10-12(5-6-18(24)25)23-30(28,29)17-7-13(19(26)27)16(22)8-15(17)21/h1-8,10,23H,9H2,(H,26,27). The molecule has 156 valence electrons. The highest BCUT2D eigenvalue weighted by Gasteiger charge is 2.23. The lowest BCUT2D eigenvalue weighted by molar-refractivity contribution is 0.0691. The summed E-state index contributed by atoms with van der Waals surface area (Å²) in [5.41, 5.74) is -0.581. The summed E-state index contributed by atoms with van der Waals surface area (Å²) in [5.74, 6) is -2.81. The maximum Gasteiger partial charge on any atom is 0.338 e. The number of anilines is 1. The summed E-state index contributed by atoms with van der Waals surface area (Å²) in [5, 5.41) is 8.97. The van der Waals surface area contributed by atoms with Crippen molar-refractivity contribution in [1.82, 2.24) is 4.57 Å². The number of carboxylic acid groups (broad SMARTS) is 1. The van der Waals surface area contributed by atoms with Gasteiger partial charge in [-0.05, 0) is 29.8 Å². The van der Waals surface area contributed by atoms with E-state index in [9.17, 15) is 22.4 Å². The molecule has 7 nitrogen and oxygen atoms in total. The van der Waals surface area contributed by atoms with Crippen LogP contribution in [0.3, 0.4) is 0 Å². The molecule has 2 N–H and O–H groups in total. The average molecular weight is 471 g/mol. The molecule has 0 aliphatic rings. The zero-order valence-corrected chi connectivity index (χ0v) is 17.3. The minimum absolute atomic E-state index is 0.0129. The van der Waals surface area contributed by atoms with Crippen LogP contribution >= 0.6 is 23.2 Å². The molecule has 0 unspecified atom stereocenters. The maximum absolute atomic E-state index is 13.7. The maximum atomic E-state index is 13.7. The van der Waals surface area contributed by atoms with Crippen molar-refractivity contribution in [1.29, 1.82) is 0 Å². The van der Waals surface area contributed by atoms with Crippen LogP contribution in [0.4, 0.5) is 10.1 Å². The minimum Gasteiger partial charge on any atom is -0.478 e. The van der Waals surface area contributed by atoms with E-state index in [-0.39, 0.29) is 12.2 Å². The van der Waals surface area contributed by atoms with Gasteiger partial charge in [0.05, 0.1) is 22.8 Å². The molecule has 0 bridgehead atoms. The SMILES string of the molecule is O=C(O)c1cc(S(=O)(=O)Nc2ccc(=O)n(Cc3ccccc3Cl)c2)c(Cl)cc1F. The smallest absolute Gasteiger partial charge is 0.338 e. The highest BCUT2D eigenvalue weighted by Crippen LogP contribution is 2.27. The largest absolute Gasteiger partial charge is 0.478 e. The number of aromatic carboxylic acids is 1. The highest BCUT2D eigenvalue weighted by molar-refractivity contribution is 7.92. The Balaban J connectivity index is 1.97. The molecule has 0 fully saturated rings. The number of halogens is 3. The fourth-order valence-corrected chi connectivity index (χ4v) is 4.41. The fraction of sp³-hybridized carbons (Fsp3) is 0.0526. The summed E-state index contributed by atoms with van der Waals surface area (Å²) in [6.45, 7) is 0.0918. The van der Waals surface area contributed by atoms with Crippen LogP contribution in [0.15, 0.2) is 64.4 Å². The summed E-state index contributed by atoms with van der Waals surface area (Å²) < 4.78 is 42.6. The molecule has 0 saturated heterocycles. The first-order valence-corrected chi connectivity index (χ1v) is 10.5. The van der Waals surface area contributed by atoms with Crippen molar-refractivity contribution < 1.29 is 22.7 Å². The van der Waals surface area contributed by atoms with Crippen LogP contribution in [0, 0.1) is 5.82 Å². The number of nitrogens with zero attached hydrogens (tertiary/aromatic N) is 1. The minimum atomic E-state index is -4.38. The van der Waals surface area contributed by atoms with E-state index in [1.54, 1.807) is 24.3 Å². The van der Waals surface area contributed by atoms with E-state index in [2.05, 4.69) is 4.72 Å². The van der Waals surface area contributed by atoms with E-state index in [1.165, 1.54) is 16.8 Å². The molecular formula is C19H13Cl2FN2O5S. The first-order valence-electron chi connectivity index (χ1n) is 8.27. The molecular weight excluding hydrogens is 458 g/mol. The number of benzene rings is 2. The summed E-state index contributed by atoms with van der Waals surface area (Å²) >= 11 is 11.9. The van der Waals surface area contributed by atoms with Gasteiger partial charge in [0.15, 0.2) is 0 Å². The molecule has 2 aromatic carbocycles. The zero-order valence-electron chi connectivity index (χ0n) is 15.0. The highest BCUT2D eigenvalue weighted by atomic mass is 35.5. The van der Waals surface area contributed by atoms with E-state index in [4.69, 9.17) is 28.3 Å². The number of carboxylic acids is 1. The molecule has 1 aromatic heterocycles. The van der Waals surface area contributed by atoms with Gasteiger partial charge in [0.25, 0.3) is 15.6 Å². The van der Waals surface area contributed by atoms with Crippen molar-refractivity contribution in [2.75, 3.05) is 4.72 Å².